The largest absolute Gasteiger partial charge is 0.512 e. The topological polar surface area (TPSA) is 76.2 Å². The second-order valence-electron chi connectivity index (χ2n) is 9.81. The summed E-state index contributed by atoms with van der Waals surface area (Å²) in [7, 11) is 0. The van der Waals surface area contributed by atoms with Gasteiger partial charge in [0.25, 0.3) is 0 Å². The summed E-state index contributed by atoms with van der Waals surface area (Å²) in [6, 6.07) is 16.3. The van der Waals surface area contributed by atoms with Crippen LogP contribution in [-0.2, 0) is 30.3 Å². The zero-order valence-electron chi connectivity index (χ0n) is 21.6. The third-order valence-corrected chi connectivity index (χ3v) is 5.75. The molecule has 0 amide bonds. The third-order valence-electron chi connectivity index (χ3n) is 5.75. The van der Waals surface area contributed by atoms with E-state index in [1.807, 2.05) is 31.2 Å². The standard InChI is InChI=1S/C25H20FN2O.C5H8O2.Ir/c1-14-28-24-20(25(2,3)4)12-15(13-22(24)29-14)23-19-9-8-18-16(6-5-7-21(18)26)17(19)10-11-27-23;1-4(6)3-5(2)7;/h5-12H,1-4H3;3,6H,1-2H3;/q-1;;/b;4-3-;. The molecular formula is C30H28FIrN2O3-. The molecule has 0 aliphatic rings. The van der Waals surface area contributed by atoms with Gasteiger partial charge in [0.1, 0.15) is 5.82 Å². The Balaban J connectivity index is 0.000000422. The second kappa shape index (κ2) is 10.9. The number of fused-ring (bicyclic) bond motifs is 4. The number of nitrogens with zero attached hydrogens (tertiary/aromatic N) is 2. The number of allylic oxidation sites excluding steroid dienone is 2. The molecule has 0 fully saturated rings. The molecule has 1 N–H and O–H groups in total. The molecule has 0 atom stereocenters. The summed E-state index contributed by atoms with van der Waals surface area (Å²) in [5.74, 6) is 0.335. The SMILES string of the molecule is CC(=O)/C=C(/C)O.Cc1nc2c(C(C)(C)C)cc(-c3nccc4c3ccc3c(F)cccc34)[c-]c2o1.[Ir]. The minimum atomic E-state index is -0.220. The molecule has 0 saturated carbocycles. The van der Waals surface area contributed by atoms with Crippen LogP contribution in [0.2, 0.25) is 0 Å². The summed E-state index contributed by atoms with van der Waals surface area (Å²) in [5.41, 5.74) is 4.09. The fourth-order valence-corrected chi connectivity index (χ4v) is 4.26. The number of pyridine rings is 1. The third kappa shape index (κ3) is 5.95. The van der Waals surface area contributed by atoms with Crippen molar-refractivity contribution in [2.45, 2.75) is 47.0 Å². The van der Waals surface area contributed by atoms with Gasteiger partial charge in [-0.3, -0.25) is 9.78 Å². The second-order valence-corrected chi connectivity index (χ2v) is 9.81. The molecule has 5 aromatic rings. The zero-order chi connectivity index (χ0) is 26.2. The number of hydrogen-bond acceptors (Lipinski definition) is 5. The summed E-state index contributed by atoms with van der Waals surface area (Å²) in [4.78, 5) is 19.2. The number of carbonyl (C=O) groups is 1. The molecule has 5 rings (SSSR count). The molecule has 0 saturated heterocycles. The van der Waals surface area contributed by atoms with E-state index in [1.165, 1.54) is 26.0 Å². The van der Waals surface area contributed by atoms with Gasteiger partial charge < -0.3 is 14.5 Å². The smallest absolute Gasteiger partial charge is 0.180 e. The van der Waals surface area contributed by atoms with Gasteiger partial charge in [-0.05, 0) is 53.2 Å². The maximum Gasteiger partial charge on any atom is 0.180 e. The van der Waals surface area contributed by atoms with Crippen molar-refractivity contribution >= 4 is 38.4 Å². The molecular weight excluding hydrogens is 648 g/mol. The molecule has 193 valence electrons. The first-order valence-corrected chi connectivity index (χ1v) is 11.6. The van der Waals surface area contributed by atoms with E-state index < -0.39 is 0 Å². The number of aliphatic hydroxyl groups is 1. The van der Waals surface area contributed by atoms with Crippen LogP contribution in [0.15, 0.2) is 64.9 Å². The van der Waals surface area contributed by atoms with E-state index in [2.05, 4.69) is 42.9 Å². The summed E-state index contributed by atoms with van der Waals surface area (Å²) in [6.07, 6.45) is 2.93. The Kier molecular flexibility index (Phi) is 8.31. The first-order chi connectivity index (χ1) is 17.0. The molecule has 37 heavy (non-hydrogen) atoms. The van der Waals surface area contributed by atoms with Gasteiger partial charge in [-0.25, -0.2) is 4.39 Å². The Labute approximate surface area is 228 Å². The average molecular weight is 676 g/mol. The predicted octanol–water partition coefficient (Wildman–Crippen LogP) is 7.78. The Hall–Kier alpha value is -3.41. The normalized spacial score (nSPS) is 11.8. The molecule has 3 aromatic carbocycles. The summed E-state index contributed by atoms with van der Waals surface area (Å²) < 4.78 is 20.1. The fraction of sp³-hybridized carbons (Fsp3) is 0.233. The zero-order valence-corrected chi connectivity index (χ0v) is 24.0. The van der Waals surface area contributed by atoms with Gasteiger partial charge in [0.15, 0.2) is 11.7 Å². The predicted molar refractivity (Wildman–Crippen MR) is 142 cm³/mol. The van der Waals surface area contributed by atoms with Crippen LogP contribution < -0.4 is 0 Å². The minimum Gasteiger partial charge on any atom is -0.512 e. The fourth-order valence-electron chi connectivity index (χ4n) is 4.26. The molecule has 0 aliphatic carbocycles. The number of aliphatic hydroxyl groups excluding tert-OH is 1. The number of rotatable bonds is 2. The minimum absolute atomic E-state index is 0. The summed E-state index contributed by atoms with van der Waals surface area (Å²) in [5, 5.41) is 11.8. The molecule has 0 spiro atoms. The molecule has 2 aromatic heterocycles. The van der Waals surface area contributed by atoms with Crippen LogP contribution in [-0.4, -0.2) is 20.9 Å². The van der Waals surface area contributed by atoms with Gasteiger partial charge >= 0.3 is 0 Å². The van der Waals surface area contributed by atoms with Crippen molar-refractivity contribution in [3.63, 3.8) is 0 Å². The van der Waals surface area contributed by atoms with Crippen LogP contribution in [0.4, 0.5) is 4.39 Å². The van der Waals surface area contributed by atoms with Crippen molar-refractivity contribution < 1.29 is 38.8 Å². The Morgan fingerprint density at radius 3 is 2.35 bits per heavy atom. The molecule has 0 bridgehead atoms. The molecule has 2 heterocycles. The Morgan fingerprint density at radius 1 is 1.05 bits per heavy atom. The van der Waals surface area contributed by atoms with Crippen LogP contribution in [0.5, 0.6) is 0 Å². The first kappa shape index (κ1) is 28.2. The van der Waals surface area contributed by atoms with Crippen molar-refractivity contribution in [3.05, 3.63) is 83.8 Å². The van der Waals surface area contributed by atoms with E-state index in [4.69, 9.17) is 9.52 Å². The number of halogens is 1. The monoisotopic (exact) mass is 676 g/mol. The number of aryl methyl sites for hydroxylation is 1. The van der Waals surface area contributed by atoms with E-state index in [-0.39, 0.29) is 42.9 Å². The molecule has 5 nitrogen and oxygen atoms in total. The molecule has 0 aliphatic heterocycles. The Bertz CT molecular complexity index is 1640. The number of benzene rings is 3. The van der Waals surface area contributed by atoms with E-state index in [0.717, 1.165) is 38.5 Å². The van der Waals surface area contributed by atoms with E-state index in [1.54, 1.807) is 12.3 Å². The maximum absolute atomic E-state index is 14.3. The number of carbonyl (C=O) groups excluding carboxylic acids is 1. The van der Waals surface area contributed by atoms with Crippen molar-refractivity contribution in [3.8, 4) is 11.3 Å². The van der Waals surface area contributed by atoms with Crippen molar-refractivity contribution in [2.75, 3.05) is 0 Å². The average Bonchev–Trinajstić information content (AvgIpc) is 3.16. The van der Waals surface area contributed by atoms with Crippen LogP contribution in [0.25, 0.3) is 43.9 Å². The van der Waals surface area contributed by atoms with Gasteiger partial charge in [0.05, 0.1) is 11.3 Å². The molecule has 0 unspecified atom stereocenters. The molecule has 1 radical (unpaired) electrons. The van der Waals surface area contributed by atoms with Crippen LogP contribution >= 0.6 is 0 Å². The Morgan fingerprint density at radius 2 is 1.73 bits per heavy atom. The number of hydrogen-bond donors (Lipinski definition) is 1. The van der Waals surface area contributed by atoms with Crippen molar-refractivity contribution in [1.29, 1.82) is 0 Å². The first-order valence-electron chi connectivity index (χ1n) is 11.6. The number of aromatic nitrogens is 2. The van der Waals surface area contributed by atoms with Gasteiger partial charge in [-0.2, -0.15) is 0 Å². The summed E-state index contributed by atoms with van der Waals surface area (Å²) >= 11 is 0. The number of oxazole rings is 1. The van der Waals surface area contributed by atoms with Gasteiger partial charge in [0.2, 0.25) is 0 Å². The van der Waals surface area contributed by atoms with Gasteiger partial charge in [-0.15, -0.1) is 11.6 Å². The van der Waals surface area contributed by atoms with E-state index in [0.29, 0.717) is 16.9 Å². The van der Waals surface area contributed by atoms with Crippen LogP contribution in [0, 0.1) is 18.8 Å². The summed E-state index contributed by atoms with van der Waals surface area (Å²) in [6.45, 7) is 11.2. The quantitative estimate of drug-likeness (QED) is 0.0896. The van der Waals surface area contributed by atoms with Crippen LogP contribution in [0.3, 0.4) is 0 Å². The number of ketones is 1. The van der Waals surface area contributed by atoms with Crippen LogP contribution in [0.1, 0.15) is 46.1 Å². The maximum atomic E-state index is 14.3. The molecule has 7 heteroatoms. The van der Waals surface area contributed by atoms with E-state index in [9.17, 15) is 9.18 Å². The van der Waals surface area contributed by atoms with Crippen molar-refractivity contribution in [2.24, 2.45) is 0 Å². The van der Waals surface area contributed by atoms with Gasteiger partial charge in [0, 0.05) is 50.2 Å². The van der Waals surface area contributed by atoms with Gasteiger partial charge in [-0.1, -0.05) is 56.7 Å². The van der Waals surface area contributed by atoms with E-state index >= 15 is 0 Å². The van der Waals surface area contributed by atoms with Crippen molar-refractivity contribution in [1.82, 2.24) is 9.97 Å².